The van der Waals surface area contributed by atoms with Gasteiger partial charge in [-0.05, 0) is 6.07 Å². The molecule has 0 radical (unpaired) electrons. The summed E-state index contributed by atoms with van der Waals surface area (Å²) in [6.45, 7) is 0.696. The van der Waals surface area contributed by atoms with Crippen molar-refractivity contribution >= 4 is 5.91 Å². The van der Waals surface area contributed by atoms with Crippen LogP contribution < -0.4 is 11.1 Å². The number of amides is 1. The van der Waals surface area contributed by atoms with Crippen LogP contribution in [-0.4, -0.2) is 39.2 Å². The van der Waals surface area contributed by atoms with Gasteiger partial charge in [-0.1, -0.05) is 11.8 Å². The fourth-order valence-electron chi connectivity index (χ4n) is 1.58. The summed E-state index contributed by atoms with van der Waals surface area (Å²) >= 11 is 0. The van der Waals surface area contributed by atoms with E-state index in [1.165, 1.54) is 6.33 Å². The van der Waals surface area contributed by atoms with Crippen LogP contribution in [0, 0.1) is 11.8 Å². The van der Waals surface area contributed by atoms with Crippen LogP contribution in [0.2, 0.25) is 0 Å². The molecule has 0 fully saturated rings. The molecule has 7 nitrogen and oxygen atoms in total. The highest BCUT2D eigenvalue weighted by Crippen LogP contribution is 2.05. The highest BCUT2D eigenvalue weighted by molar-refractivity contribution is 5.96. The van der Waals surface area contributed by atoms with Gasteiger partial charge in [0, 0.05) is 25.4 Å². The zero-order chi connectivity index (χ0) is 14.2. The van der Waals surface area contributed by atoms with Gasteiger partial charge in [-0.2, -0.15) is 5.10 Å². The van der Waals surface area contributed by atoms with Gasteiger partial charge in [-0.3, -0.25) is 14.9 Å². The zero-order valence-corrected chi connectivity index (χ0v) is 10.8. The van der Waals surface area contributed by atoms with Gasteiger partial charge >= 0.3 is 0 Å². The lowest BCUT2D eigenvalue weighted by Crippen LogP contribution is -2.26. The fraction of sp³-hybridized carbons (Fsp3) is 0.231. The molecule has 0 atom stereocenters. The summed E-state index contributed by atoms with van der Waals surface area (Å²) in [5.41, 5.74) is 6.38. The van der Waals surface area contributed by atoms with Crippen LogP contribution in [0.1, 0.15) is 21.7 Å². The molecule has 0 saturated carbocycles. The van der Waals surface area contributed by atoms with Crippen LogP contribution in [0.5, 0.6) is 0 Å². The second kappa shape index (κ2) is 7.01. The standard InChI is InChI=1S/C13H14N6O/c14-5-1-2-10-8-15-6-3-11(10)13(20)16-7-4-12-17-9-18-19-12/h3,6,8-9H,4-5,7,14H2,(H,16,20)(H,17,18,19). The van der Waals surface area contributed by atoms with Gasteiger partial charge in [-0.25, -0.2) is 4.98 Å². The minimum Gasteiger partial charge on any atom is -0.352 e. The monoisotopic (exact) mass is 270 g/mol. The summed E-state index contributed by atoms with van der Waals surface area (Å²) in [5.74, 6) is 6.07. The maximum atomic E-state index is 12.1. The number of carbonyl (C=O) groups is 1. The smallest absolute Gasteiger partial charge is 0.252 e. The number of hydrogen-bond donors (Lipinski definition) is 3. The average Bonchev–Trinajstić information content (AvgIpc) is 2.98. The maximum absolute atomic E-state index is 12.1. The van der Waals surface area contributed by atoms with Gasteiger partial charge in [0.25, 0.3) is 5.91 Å². The third-order valence-corrected chi connectivity index (χ3v) is 2.50. The van der Waals surface area contributed by atoms with E-state index < -0.39 is 0 Å². The second-order valence-electron chi connectivity index (χ2n) is 3.87. The molecule has 2 aromatic rings. The van der Waals surface area contributed by atoms with Gasteiger partial charge in [0.1, 0.15) is 12.2 Å². The second-order valence-corrected chi connectivity index (χ2v) is 3.87. The van der Waals surface area contributed by atoms with Crippen LogP contribution in [0.4, 0.5) is 0 Å². The quantitative estimate of drug-likeness (QED) is 0.648. The number of aromatic nitrogens is 4. The van der Waals surface area contributed by atoms with Crippen molar-refractivity contribution in [3.63, 3.8) is 0 Å². The van der Waals surface area contributed by atoms with Crippen molar-refractivity contribution in [2.45, 2.75) is 6.42 Å². The molecule has 0 aliphatic carbocycles. The van der Waals surface area contributed by atoms with Crippen LogP contribution in [0.15, 0.2) is 24.8 Å². The SMILES string of the molecule is NCC#Cc1cnccc1C(=O)NCCc1ncn[nH]1. The predicted molar refractivity (Wildman–Crippen MR) is 72.6 cm³/mol. The molecule has 0 saturated heterocycles. The topological polar surface area (TPSA) is 110 Å². The molecule has 20 heavy (non-hydrogen) atoms. The Hall–Kier alpha value is -2.72. The van der Waals surface area contributed by atoms with Gasteiger partial charge in [0.15, 0.2) is 0 Å². The van der Waals surface area contributed by atoms with Gasteiger partial charge in [0.2, 0.25) is 0 Å². The van der Waals surface area contributed by atoms with Crippen molar-refractivity contribution in [1.29, 1.82) is 0 Å². The molecule has 0 unspecified atom stereocenters. The van der Waals surface area contributed by atoms with Crippen molar-refractivity contribution in [2.75, 3.05) is 13.1 Å². The Labute approximate surface area is 116 Å². The van der Waals surface area contributed by atoms with Crippen LogP contribution in [0.3, 0.4) is 0 Å². The summed E-state index contributed by atoms with van der Waals surface area (Å²) in [6.07, 6.45) is 5.12. The molecule has 2 rings (SSSR count). The van der Waals surface area contributed by atoms with Gasteiger partial charge in [-0.15, -0.1) is 0 Å². The molecule has 0 aliphatic rings. The lowest BCUT2D eigenvalue weighted by Gasteiger charge is -2.05. The summed E-state index contributed by atoms with van der Waals surface area (Å²) in [4.78, 5) is 20.0. The van der Waals surface area contributed by atoms with Crippen molar-refractivity contribution in [2.24, 2.45) is 5.73 Å². The van der Waals surface area contributed by atoms with E-state index in [0.717, 1.165) is 5.82 Å². The Morgan fingerprint density at radius 2 is 2.40 bits per heavy atom. The van der Waals surface area contributed by atoms with Crippen molar-refractivity contribution in [3.8, 4) is 11.8 Å². The first-order valence-corrected chi connectivity index (χ1v) is 6.06. The van der Waals surface area contributed by atoms with E-state index in [9.17, 15) is 4.79 Å². The van der Waals surface area contributed by atoms with Crippen LogP contribution in [0.25, 0.3) is 0 Å². The third-order valence-electron chi connectivity index (χ3n) is 2.50. The van der Waals surface area contributed by atoms with E-state index in [1.807, 2.05) is 0 Å². The molecule has 2 aromatic heterocycles. The first-order chi connectivity index (χ1) is 9.81. The van der Waals surface area contributed by atoms with E-state index in [-0.39, 0.29) is 12.5 Å². The number of carbonyl (C=O) groups excluding carboxylic acids is 1. The Morgan fingerprint density at radius 3 is 3.15 bits per heavy atom. The summed E-state index contributed by atoms with van der Waals surface area (Å²) < 4.78 is 0. The first kappa shape index (κ1) is 13.7. The summed E-state index contributed by atoms with van der Waals surface area (Å²) in [6, 6.07) is 1.63. The fourth-order valence-corrected chi connectivity index (χ4v) is 1.58. The molecule has 0 bridgehead atoms. The van der Waals surface area contributed by atoms with Crippen LogP contribution >= 0.6 is 0 Å². The molecular weight excluding hydrogens is 256 g/mol. The summed E-state index contributed by atoms with van der Waals surface area (Å²) in [7, 11) is 0. The van der Waals surface area contributed by atoms with E-state index in [2.05, 4.69) is 37.3 Å². The first-order valence-electron chi connectivity index (χ1n) is 6.06. The number of aromatic amines is 1. The Bertz CT molecular complexity index is 626. The largest absolute Gasteiger partial charge is 0.352 e. The third kappa shape index (κ3) is 3.63. The normalized spacial score (nSPS) is 9.65. The number of nitrogens with two attached hydrogens (primary N) is 1. The lowest BCUT2D eigenvalue weighted by molar-refractivity contribution is 0.0953. The number of nitrogens with zero attached hydrogens (tertiary/aromatic N) is 3. The molecule has 4 N–H and O–H groups in total. The number of nitrogens with one attached hydrogen (secondary N) is 2. The maximum Gasteiger partial charge on any atom is 0.252 e. The number of pyridine rings is 1. The number of hydrogen-bond acceptors (Lipinski definition) is 5. The molecule has 102 valence electrons. The lowest BCUT2D eigenvalue weighted by atomic mass is 10.1. The predicted octanol–water partition coefficient (Wildman–Crippen LogP) is -0.518. The summed E-state index contributed by atoms with van der Waals surface area (Å²) in [5, 5.41) is 9.27. The van der Waals surface area contributed by atoms with E-state index in [4.69, 9.17) is 5.73 Å². The Morgan fingerprint density at radius 1 is 1.50 bits per heavy atom. The zero-order valence-electron chi connectivity index (χ0n) is 10.8. The molecule has 2 heterocycles. The van der Waals surface area contributed by atoms with Crippen LogP contribution in [-0.2, 0) is 6.42 Å². The van der Waals surface area contributed by atoms with Crippen molar-refractivity contribution in [3.05, 3.63) is 41.7 Å². The molecule has 1 amide bonds. The Kier molecular flexibility index (Phi) is 4.81. The molecule has 7 heteroatoms. The number of H-pyrrole nitrogens is 1. The highest BCUT2D eigenvalue weighted by Gasteiger charge is 2.09. The molecule has 0 spiro atoms. The molecule has 0 aromatic carbocycles. The minimum absolute atomic E-state index is 0.201. The van der Waals surface area contributed by atoms with Gasteiger partial charge in [0.05, 0.1) is 17.7 Å². The Balaban J connectivity index is 1.98. The van der Waals surface area contributed by atoms with E-state index >= 15 is 0 Å². The van der Waals surface area contributed by atoms with E-state index in [0.29, 0.717) is 24.1 Å². The minimum atomic E-state index is -0.201. The molecule has 0 aliphatic heterocycles. The van der Waals surface area contributed by atoms with E-state index in [1.54, 1.807) is 18.5 Å². The molecular formula is C13H14N6O. The van der Waals surface area contributed by atoms with Crippen molar-refractivity contribution in [1.82, 2.24) is 25.5 Å². The van der Waals surface area contributed by atoms with Crippen molar-refractivity contribution < 1.29 is 4.79 Å². The average molecular weight is 270 g/mol. The number of rotatable bonds is 4. The highest BCUT2D eigenvalue weighted by atomic mass is 16.1. The van der Waals surface area contributed by atoms with Gasteiger partial charge < -0.3 is 11.1 Å².